The van der Waals surface area contributed by atoms with E-state index in [0.29, 0.717) is 23.1 Å². The predicted molar refractivity (Wildman–Crippen MR) is 98.4 cm³/mol. The molecular formula is C16H22N4O2S2. The van der Waals surface area contributed by atoms with Crippen molar-refractivity contribution in [1.29, 1.82) is 0 Å². The van der Waals surface area contributed by atoms with E-state index in [1.165, 1.54) is 22.7 Å². The number of carbonyl (C=O) groups excluding carboxylic acids is 2. The first-order valence-corrected chi connectivity index (χ1v) is 9.88. The molecule has 0 bridgehead atoms. The first-order chi connectivity index (χ1) is 11.7. The van der Waals surface area contributed by atoms with Crippen LogP contribution in [-0.2, 0) is 9.59 Å². The molecular weight excluding hydrogens is 344 g/mol. The minimum absolute atomic E-state index is 0.0313. The number of carbonyl (C=O) groups is 2. The highest BCUT2D eigenvalue weighted by Gasteiger charge is 2.05. The molecule has 2 rings (SSSR count). The fourth-order valence-corrected chi connectivity index (χ4v) is 3.30. The molecule has 0 radical (unpaired) electrons. The maximum Gasteiger partial charge on any atom is 0.226 e. The Labute approximate surface area is 149 Å². The van der Waals surface area contributed by atoms with Gasteiger partial charge in [0.1, 0.15) is 0 Å². The van der Waals surface area contributed by atoms with E-state index in [0.717, 1.165) is 38.5 Å². The molecule has 8 heteroatoms. The molecule has 0 unspecified atom stereocenters. The van der Waals surface area contributed by atoms with Gasteiger partial charge in [0.25, 0.3) is 0 Å². The van der Waals surface area contributed by atoms with Gasteiger partial charge in [0, 0.05) is 36.0 Å². The van der Waals surface area contributed by atoms with Crippen molar-refractivity contribution in [2.45, 2.75) is 51.4 Å². The summed E-state index contributed by atoms with van der Waals surface area (Å²) in [6.45, 7) is 0. The maximum atomic E-state index is 11.7. The van der Waals surface area contributed by atoms with Crippen LogP contribution in [0.15, 0.2) is 23.2 Å². The lowest BCUT2D eigenvalue weighted by atomic mass is 10.1. The lowest BCUT2D eigenvalue weighted by Crippen LogP contribution is -2.10. The van der Waals surface area contributed by atoms with Crippen molar-refractivity contribution in [2.75, 3.05) is 10.6 Å². The molecule has 2 aromatic heterocycles. The van der Waals surface area contributed by atoms with Crippen molar-refractivity contribution in [2.24, 2.45) is 0 Å². The summed E-state index contributed by atoms with van der Waals surface area (Å²) in [5.41, 5.74) is 0. The van der Waals surface area contributed by atoms with E-state index in [-0.39, 0.29) is 11.8 Å². The Morgan fingerprint density at radius 2 is 1.17 bits per heavy atom. The van der Waals surface area contributed by atoms with Gasteiger partial charge in [-0.2, -0.15) is 0 Å². The molecule has 0 aliphatic carbocycles. The van der Waals surface area contributed by atoms with E-state index in [9.17, 15) is 9.59 Å². The molecule has 130 valence electrons. The van der Waals surface area contributed by atoms with Gasteiger partial charge in [0.05, 0.1) is 0 Å². The van der Waals surface area contributed by atoms with Crippen LogP contribution in [0.3, 0.4) is 0 Å². The second-order valence-electron chi connectivity index (χ2n) is 5.39. The number of aromatic nitrogens is 2. The smallest absolute Gasteiger partial charge is 0.226 e. The number of hydrogen-bond acceptors (Lipinski definition) is 6. The van der Waals surface area contributed by atoms with Gasteiger partial charge in [-0.15, -0.1) is 22.7 Å². The van der Waals surface area contributed by atoms with E-state index in [2.05, 4.69) is 20.6 Å². The highest BCUT2D eigenvalue weighted by molar-refractivity contribution is 7.14. The third-order valence-electron chi connectivity index (χ3n) is 3.42. The molecule has 0 saturated heterocycles. The summed E-state index contributed by atoms with van der Waals surface area (Å²) in [4.78, 5) is 31.4. The molecule has 0 fully saturated rings. The van der Waals surface area contributed by atoms with Gasteiger partial charge in [-0.05, 0) is 12.8 Å². The van der Waals surface area contributed by atoms with Crippen LogP contribution < -0.4 is 10.6 Å². The third kappa shape index (κ3) is 7.65. The van der Waals surface area contributed by atoms with Crippen LogP contribution in [0.1, 0.15) is 51.4 Å². The van der Waals surface area contributed by atoms with E-state index in [1.807, 2.05) is 10.8 Å². The van der Waals surface area contributed by atoms with Crippen LogP contribution >= 0.6 is 22.7 Å². The standard InChI is InChI=1S/C16H22N4O2S2/c21-13(19-15-17-9-11-23-15)7-5-3-1-2-4-6-8-14(22)20-16-18-10-12-24-16/h9-12H,1-8H2,(H,17,19,21)(H,18,20,22). The first-order valence-electron chi connectivity index (χ1n) is 8.13. The van der Waals surface area contributed by atoms with Crippen molar-refractivity contribution in [3.63, 3.8) is 0 Å². The Morgan fingerprint density at radius 1 is 0.750 bits per heavy atom. The summed E-state index contributed by atoms with van der Waals surface area (Å²) in [6.07, 6.45) is 10.5. The Morgan fingerprint density at radius 3 is 1.54 bits per heavy atom. The Kier molecular flexibility index (Phi) is 8.40. The number of anilines is 2. The van der Waals surface area contributed by atoms with Gasteiger partial charge in [-0.1, -0.05) is 25.7 Å². The number of thiazole rings is 2. The molecule has 6 nitrogen and oxygen atoms in total. The van der Waals surface area contributed by atoms with Gasteiger partial charge in [0.2, 0.25) is 11.8 Å². The molecule has 24 heavy (non-hydrogen) atoms. The molecule has 2 N–H and O–H groups in total. The van der Waals surface area contributed by atoms with Crippen LogP contribution in [0, 0.1) is 0 Å². The Balaban J connectivity index is 1.40. The Hall–Kier alpha value is -1.80. The van der Waals surface area contributed by atoms with Crippen molar-refractivity contribution in [3.05, 3.63) is 23.2 Å². The van der Waals surface area contributed by atoms with E-state index >= 15 is 0 Å². The number of rotatable bonds is 11. The van der Waals surface area contributed by atoms with Crippen LogP contribution in [0.2, 0.25) is 0 Å². The minimum Gasteiger partial charge on any atom is -0.302 e. The quantitative estimate of drug-likeness (QED) is 0.581. The molecule has 2 heterocycles. The Bertz CT molecular complexity index is 545. The van der Waals surface area contributed by atoms with Gasteiger partial charge in [-0.25, -0.2) is 9.97 Å². The monoisotopic (exact) mass is 366 g/mol. The average molecular weight is 367 g/mol. The van der Waals surface area contributed by atoms with Crippen molar-refractivity contribution < 1.29 is 9.59 Å². The second-order valence-corrected chi connectivity index (χ2v) is 7.18. The first kappa shape index (κ1) is 18.5. The number of nitrogens with one attached hydrogen (secondary N) is 2. The van der Waals surface area contributed by atoms with Crippen LogP contribution in [-0.4, -0.2) is 21.8 Å². The highest BCUT2D eigenvalue weighted by atomic mass is 32.1. The maximum absolute atomic E-state index is 11.7. The van der Waals surface area contributed by atoms with Gasteiger partial charge in [-0.3, -0.25) is 9.59 Å². The SMILES string of the molecule is O=C(CCCCCCCCC(=O)Nc1nccs1)Nc1nccs1. The predicted octanol–water partition coefficient (Wildman–Crippen LogP) is 4.30. The molecule has 2 amide bonds. The highest BCUT2D eigenvalue weighted by Crippen LogP contribution is 2.14. The summed E-state index contributed by atoms with van der Waals surface area (Å²) in [5, 5.41) is 10.6. The lowest BCUT2D eigenvalue weighted by molar-refractivity contribution is -0.117. The zero-order valence-electron chi connectivity index (χ0n) is 13.5. The molecule has 0 aliphatic rings. The topological polar surface area (TPSA) is 84.0 Å². The number of nitrogens with zero attached hydrogens (tertiary/aromatic N) is 2. The molecule has 0 saturated carbocycles. The largest absolute Gasteiger partial charge is 0.302 e. The van der Waals surface area contributed by atoms with Gasteiger partial charge in [0.15, 0.2) is 10.3 Å². The molecule has 0 aromatic carbocycles. The number of unbranched alkanes of at least 4 members (excludes halogenated alkanes) is 5. The summed E-state index contributed by atoms with van der Waals surface area (Å²) < 4.78 is 0. The number of amides is 2. The third-order valence-corrected chi connectivity index (χ3v) is 4.79. The normalized spacial score (nSPS) is 10.5. The van der Waals surface area contributed by atoms with Crippen LogP contribution in [0.25, 0.3) is 0 Å². The fourth-order valence-electron chi connectivity index (χ4n) is 2.21. The zero-order valence-corrected chi connectivity index (χ0v) is 15.1. The molecule has 2 aromatic rings. The average Bonchev–Trinajstić information content (AvgIpc) is 3.23. The molecule has 0 spiro atoms. The second kappa shape index (κ2) is 10.9. The number of hydrogen-bond donors (Lipinski definition) is 2. The fraction of sp³-hybridized carbons (Fsp3) is 0.500. The van der Waals surface area contributed by atoms with E-state index in [4.69, 9.17) is 0 Å². The van der Waals surface area contributed by atoms with Crippen molar-refractivity contribution in [1.82, 2.24) is 9.97 Å². The summed E-state index contributed by atoms with van der Waals surface area (Å²) in [6, 6.07) is 0. The zero-order chi connectivity index (χ0) is 17.0. The molecule has 0 atom stereocenters. The van der Waals surface area contributed by atoms with Crippen molar-refractivity contribution in [3.8, 4) is 0 Å². The van der Waals surface area contributed by atoms with E-state index in [1.54, 1.807) is 12.4 Å². The summed E-state index contributed by atoms with van der Waals surface area (Å²) in [5.74, 6) is 0.0626. The lowest BCUT2D eigenvalue weighted by Gasteiger charge is -2.03. The summed E-state index contributed by atoms with van der Waals surface area (Å²) in [7, 11) is 0. The minimum atomic E-state index is 0.0313. The summed E-state index contributed by atoms with van der Waals surface area (Å²) >= 11 is 2.86. The van der Waals surface area contributed by atoms with Crippen LogP contribution in [0.4, 0.5) is 10.3 Å². The van der Waals surface area contributed by atoms with E-state index < -0.39 is 0 Å². The van der Waals surface area contributed by atoms with Gasteiger partial charge < -0.3 is 10.6 Å². The van der Waals surface area contributed by atoms with Crippen molar-refractivity contribution >= 4 is 44.8 Å². The van der Waals surface area contributed by atoms with Crippen LogP contribution in [0.5, 0.6) is 0 Å². The van der Waals surface area contributed by atoms with Gasteiger partial charge >= 0.3 is 0 Å². The molecule has 0 aliphatic heterocycles.